The van der Waals surface area contributed by atoms with Gasteiger partial charge in [-0.2, -0.15) is 0 Å². The van der Waals surface area contributed by atoms with E-state index in [1.807, 2.05) is 0 Å². The number of nitrogens with zero attached hydrogens (tertiary/aromatic N) is 1. The Morgan fingerprint density at radius 2 is 2.21 bits per heavy atom. The van der Waals surface area contributed by atoms with E-state index in [4.69, 9.17) is 33.1 Å². The second-order valence-corrected chi connectivity index (χ2v) is 3.07. The number of methoxy groups -OCH3 is 1. The van der Waals surface area contributed by atoms with E-state index in [9.17, 15) is 4.39 Å². The highest BCUT2D eigenvalue weighted by molar-refractivity contribution is 6.69. The van der Waals surface area contributed by atoms with Gasteiger partial charge in [-0.15, -0.1) is 0 Å². The molecule has 0 saturated heterocycles. The van der Waals surface area contributed by atoms with Crippen LogP contribution >= 0.6 is 23.2 Å². The van der Waals surface area contributed by atoms with Gasteiger partial charge in [0.25, 0.3) is 0 Å². The zero-order valence-corrected chi connectivity index (χ0v) is 8.60. The van der Waals surface area contributed by atoms with Gasteiger partial charge in [0.1, 0.15) is 10.8 Å². The van der Waals surface area contributed by atoms with Gasteiger partial charge in [0, 0.05) is 0 Å². The number of hydrogen-bond donors (Lipinski definition) is 1. The first-order valence-corrected chi connectivity index (χ1v) is 4.27. The summed E-state index contributed by atoms with van der Waals surface area (Å²) < 4.78 is 18.2. The Morgan fingerprint density at radius 3 is 2.71 bits per heavy atom. The van der Waals surface area contributed by atoms with E-state index in [-0.39, 0.29) is 21.5 Å². The molecule has 0 unspecified atom stereocenters. The van der Waals surface area contributed by atoms with E-state index >= 15 is 0 Å². The lowest BCUT2D eigenvalue weighted by molar-refractivity contribution is 0.320. The van der Waals surface area contributed by atoms with Crippen LogP contribution in [0, 0.1) is 5.82 Å². The maximum Gasteiger partial charge on any atom is 0.178 e. The van der Waals surface area contributed by atoms with Crippen molar-refractivity contribution in [2.45, 2.75) is 0 Å². The minimum atomic E-state index is -0.784. The van der Waals surface area contributed by atoms with E-state index in [0.717, 1.165) is 0 Å². The molecule has 0 spiro atoms. The average molecular weight is 238 g/mol. The third kappa shape index (κ3) is 1.91. The van der Waals surface area contributed by atoms with Crippen molar-refractivity contribution in [1.29, 1.82) is 0 Å². The molecule has 0 radical (unpaired) electrons. The van der Waals surface area contributed by atoms with Gasteiger partial charge in [0.2, 0.25) is 0 Å². The Morgan fingerprint density at radius 1 is 1.57 bits per heavy atom. The molecule has 0 aliphatic heterocycles. The summed E-state index contributed by atoms with van der Waals surface area (Å²) in [6, 6.07) is 2.73. The standard InChI is InChI=1S/C8H6Cl2FNO2/c1-14-5-3-2-4(8(10)12-13)7(11)6(5)9/h2-3,13H,1H3/b12-8+. The number of ether oxygens (including phenoxy) is 1. The highest BCUT2D eigenvalue weighted by Crippen LogP contribution is 2.29. The van der Waals surface area contributed by atoms with Crippen LogP contribution in [0.2, 0.25) is 5.02 Å². The molecule has 76 valence electrons. The molecule has 6 heteroatoms. The molecular formula is C8H6Cl2FNO2. The number of rotatable bonds is 2. The quantitative estimate of drug-likeness (QED) is 0.489. The largest absolute Gasteiger partial charge is 0.495 e. The van der Waals surface area contributed by atoms with Gasteiger partial charge in [-0.1, -0.05) is 28.4 Å². The van der Waals surface area contributed by atoms with Crippen LogP contribution in [0.4, 0.5) is 4.39 Å². The van der Waals surface area contributed by atoms with Crippen molar-refractivity contribution in [2.24, 2.45) is 5.16 Å². The van der Waals surface area contributed by atoms with Crippen molar-refractivity contribution in [3.05, 3.63) is 28.5 Å². The summed E-state index contributed by atoms with van der Waals surface area (Å²) in [5, 5.41) is 10.4. The third-order valence-corrected chi connectivity index (χ3v) is 2.21. The molecular weight excluding hydrogens is 232 g/mol. The predicted octanol–water partition coefficient (Wildman–Crippen LogP) is 2.86. The Hall–Kier alpha value is -1.00. The zero-order valence-electron chi connectivity index (χ0n) is 7.09. The monoisotopic (exact) mass is 237 g/mol. The lowest BCUT2D eigenvalue weighted by Crippen LogP contribution is -1.98. The first-order chi connectivity index (χ1) is 6.61. The summed E-state index contributed by atoms with van der Waals surface area (Å²) in [4.78, 5) is 0. The lowest BCUT2D eigenvalue weighted by atomic mass is 10.2. The topological polar surface area (TPSA) is 41.8 Å². The summed E-state index contributed by atoms with van der Waals surface area (Å²) >= 11 is 11.0. The Labute approximate surface area is 89.7 Å². The molecule has 0 atom stereocenters. The average Bonchev–Trinajstić information content (AvgIpc) is 2.21. The van der Waals surface area contributed by atoms with Crippen LogP contribution in [-0.4, -0.2) is 17.5 Å². The molecule has 0 aliphatic rings. The Kier molecular flexibility index (Phi) is 3.55. The summed E-state index contributed by atoms with van der Waals surface area (Å²) in [6.45, 7) is 0. The second kappa shape index (κ2) is 4.48. The maximum atomic E-state index is 13.4. The van der Waals surface area contributed by atoms with E-state index in [1.54, 1.807) is 0 Å². The number of oxime groups is 1. The molecule has 1 aromatic rings. The minimum absolute atomic E-state index is 0.0834. The van der Waals surface area contributed by atoms with Gasteiger partial charge >= 0.3 is 0 Å². The van der Waals surface area contributed by atoms with Gasteiger partial charge in [-0.05, 0) is 12.1 Å². The van der Waals surface area contributed by atoms with Crippen LogP contribution in [0.3, 0.4) is 0 Å². The van der Waals surface area contributed by atoms with Crippen LogP contribution in [0.15, 0.2) is 17.3 Å². The summed E-state index contributed by atoms with van der Waals surface area (Å²) in [5.74, 6) is -0.593. The molecule has 0 aromatic heterocycles. The first kappa shape index (κ1) is 11.1. The van der Waals surface area contributed by atoms with Crippen molar-refractivity contribution >= 4 is 28.4 Å². The van der Waals surface area contributed by atoms with Gasteiger partial charge in [0.15, 0.2) is 11.0 Å². The molecule has 0 bridgehead atoms. The normalized spacial score (nSPS) is 11.6. The fourth-order valence-electron chi connectivity index (χ4n) is 0.903. The van der Waals surface area contributed by atoms with Gasteiger partial charge in [-0.3, -0.25) is 0 Å². The molecule has 0 aliphatic carbocycles. The fraction of sp³-hybridized carbons (Fsp3) is 0.125. The third-order valence-electron chi connectivity index (χ3n) is 1.58. The predicted molar refractivity (Wildman–Crippen MR) is 52.1 cm³/mol. The van der Waals surface area contributed by atoms with Crippen molar-refractivity contribution in [3.63, 3.8) is 0 Å². The lowest BCUT2D eigenvalue weighted by Gasteiger charge is -2.06. The van der Waals surface area contributed by atoms with Crippen LogP contribution in [0.25, 0.3) is 0 Å². The second-order valence-electron chi connectivity index (χ2n) is 2.33. The summed E-state index contributed by atoms with van der Waals surface area (Å²) in [5.41, 5.74) is -0.0834. The Balaban J connectivity index is 3.31. The van der Waals surface area contributed by atoms with Crippen molar-refractivity contribution in [3.8, 4) is 5.75 Å². The molecule has 1 rings (SSSR count). The van der Waals surface area contributed by atoms with Crippen LogP contribution < -0.4 is 4.74 Å². The van der Waals surface area contributed by atoms with Crippen LogP contribution in [0.5, 0.6) is 5.75 Å². The van der Waals surface area contributed by atoms with E-state index in [1.165, 1.54) is 19.2 Å². The molecule has 0 amide bonds. The fourth-order valence-corrected chi connectivity index (χ4v) is 1.29. The van der Waals surface area contributed by atoms with E-state index in [2.05, 4.69) is 5.16 Å². The Bertz CT molecular complexity index is 382. The van der Waals surface area contributed by atoms with E-state index < -0.39 is 5.82 Å². The SMILES string of the molecule is COc1ccc(/C(Cl)=N\O)c(F)c1Cl. The molecule has 14 heavy (non-hydrogen) atoms. The van der Waals surface area contributed by atoms with Crippen LogP contribution in [-0.2, 0) is 0 Å². The molecule has 0 saturated carbocycles. The molecule has 3 nitrogen and oxygen atoms in total. The number of benzene rings is 1. The highest BCUT2D eigenvalue weighted by atomic mass is 35.5. The van der Waals surface area contributed by atoms with Gasteiger partial charge in [0.05, 0.1) is 12.7 Å². The van der Waals surface area contributed by atoms with Crippen LogP contribution in [0.1, 0.15) is 5.56 Å². The smallest absolute Gasteiger partial charge is 0.178 e. The number of hydrogen-bond acceptors (Lipinski definition) is 3. The minimum Gasteiger partial charge on any atom is -0.495 e. The zero-order chi connectivity index (χ0) is 10.7. The maximum absolute atomic E-state index is 13.4. The molecule has 0 fully saturated rings. The first-order valence-electron chi connectivity index (χ1n) is 3.51. The molecule has 1 N–H and O–H groups in total. The molecule has 0 heterocycles. The van der Waals surface area contributed by atoms with Gasteiger partial charge in [-0.25, -0.2) is 4.39 Å². The van der Waals surface area contributed by atoms with Crippen molar-refractivity contribution in [1.82, 2.24) is 0 Å². The van der Waals surface area contributed by atoms with Crippen molar-refractivity contribution < 1.29 is 14.3 Å². The summed E-state index contributed by atoms with van der Waals surface area (Å²) in [7, 11) is 1.36. The van der Waals surface area contributed by atoms with Gasteiger partial charge < -0.3 is 9.94 Å². The summed E-state index contributed by atoms with van der Waals surface area (Å²) in [6.07, 6.45) is 0. The van der Waals surface area contributed by atoms with Crippen molar-refractivity contribution in [2.75, 3.05) is 7.11 Å². The van der Waals surface area contributed by atoms with E-state index in [0.29, 0.717) is 0 Å². The number of halogens is 3. The highest BCUT2D eigenvalue weighted by Gasteiger charge is 2.15. The molecule has 1 aromatic carbocycles.